The smallest absolute Gasteiger partial charge is 0.251 e. The van der Waals surface area contributed by atoms with Crippen molar-refractivity contribution in [2.24, 2.45) is 5.92 Å². The summed E-state index contributed by atoms with van der Waals surface area (Å²) in [7, 11) is 0. The van der Waals surface area contributed by atoms with E-state index >= 15 is 0 Å². The molecule has 0 bridgehead atoms. The maximum atomic E-state index is 13.8. The molecule has 1 aliphatic carbocycles. The Morgan fingerprint density at radius 2 is 1.62 bits per heavy atom. The van der Waals surface area contributed by atoms with Crippen LogP contribution in [0, 0.1) is 12.8 Å². The number of carbonyl (C=O) groups excluding carboxylic acids is 3. The quantitative estimate of drug-likeness (QED) is 0.402. The third kappa shape index (κ3) is 7.05. The molecule has 3 fully saturated rings. The fraction of sp³-hybridized carbons (Fsp3) is 0.571. The number of nitrogens with zero attached hydrogens (tertiary/aromatic N) is 2. The van der Waals surface area contributed by atoms with Gasteiger partial charge in [-0.05, 0) is 61.8 Å². The number of carbonyl (C=O) groups is 3. The van der Waals surface area contributed by atoms with Gasteiger partial charge in [-0.3, -0.25) is 19.3 Å². The van der Waals surface area contributed by atoms with Crippen LogP contribution in [-0.4, -0.2) is 58.7 Å². The Morgan fingerprint density at radius 1 is 0.952 bits per heavy atom. The number of nitrogens with one attached hydrogen (secondary N) is 2. The molecule has 7 heteroatoms. The molecule has 1 saturated carbocycles. The average molecular weight is 573 g/mol. The summed E-state index contributed by atoms with van der Waals surface area (Å²) in [6, 6.07) is 15.6. The minimum Gasteiger partial charge on any atom is -0.348 e. The van der Waals surface area contributed by atoms with Crippen LogP contribution in [0.5, 0.6) is 0 Å². The number of hydrogen-bond donors (Lipinski definition) is 2. The van der Waals surface area contributed by atoms with Crippen LogP contribution in [-0.2, 0) is 22.7 Å². The van der Waals surface area contributed by atoms with Crippen LogP contribution in [0.1, 0.15) is 98.2 Å². The van der Waals surface area contributed by atoms with Gasteiger partial charge in [-0.2, -0.15) is 0 Å². The molecular weight excluding hydrogens is 524 g/mol. The number of amides is 3. The molecule has 2 heterocycles. The molecule has 7 nitrogen and oxygen atoms in total. The summed E-state index contributed by atoms with van der Waals surface area (Å²) in [6.45, 7) is 7.64. The molecule has 5 rings (SSSR count). The SMILES string of the molecule is CCCCN1C(=O)[C@H](CC2CCCCC2)NC(=O)C12CCN(Cc1ccc(C(=O)NCc3ccc(C)cc3)cc1)CC2. The van der Waals surface area contributed by atoms with Crippen LogP contribution >= 0.6 is 0 Å². The number of benzene rings is 2. The van der Waals surface area contributed by atoms with E-state index in [4.69, 9.17) is 0 Å². The second-order valence-electron chi connectivity index (χ2n) is 12.8. The molecule has 42 heavy (non-hydrogen) atoms. The Balaban J connectivity index is 1.16. The van der Waals surface area contributed by atoms with Gasteiger partial charge >= 0.3 is 0 Å². The van der Waals surface area contributed by atoms with Gasteiger partial charge in [0.05, 0.1) is 0 Å². The van der Waals surface area contributed by atoms with E-state index in [-0.39, 0.29) is 23.8 Å². The number of rotatable bonds is 10. The molecule has 2 saturated heterocycles. The van der Waals surface area contributed by atoms with Crippen LogP contribution in [0.3, 0.4) is 0 Å². The first kappa shape index (κ1) is 30.3. The highest BCUT2D eigenvalue weighted by Crippen LogP contribution is 2.36. The van der Waals surface area contributed by atoms with Gasteiger partial charge in [0.2, 0.25) is 11.8 Å². The first-order chi connectivity index (χ1) is 20.4. The van der Waals surface area contributed by atoms with Crippen molar-refractivity contribution < 1.29 is 14.4 Å². The Labute approximate surface area is 251 Å². The van der Waals surface area contributed by atoms with E-state index < -0.39 is 5.54 Å². The monoisotopic (exact) mass is 572 g/mol. The molecule has 1 spiro atoms. The Kier molecular flexibility index (Phi) is 9.99. The van der Waals surface area contributed by atoms with E-state index in [2.05, 4.69) is 41.5 Å². The zero-order valence-electron chi connectivity index (χ0n) is 25.5. The van der Waals surface area contributed by atoms with Crippen LogP contribution in [0.4, 0.5) is 0 Å². The largest absolute Gasteiger partial charge is 0.348 e. The first-order valence-electron chi connectivity index (χ1n) is 16.2. The van der Waals surface area contributed by atoms with Gasteiger partial charge in [0, 0.05) is 38.3 Å². The Bertz CT molecular complexity index is 1210. The van der Waals surface area contributed by atoms with Crippen molar-refractivity contribution in [3.05, 3.63) is 70.8 Å². The van der Waals surface area contributed by atoms with Crippen LogP contribution in [0.25, 0.3) is 0 Å². The number of likely N-dealkylation sites (tertiary alicyclic amines) is 1. The van der Waals surface area contributed by atoms with Crippen LogP contribution in [0.15, 0.2) is 48.5 Å². The van der Waals surface area contributed by atoms with Gasteiger partial charge in [0.25, 0.3) is 5.91 Å². The predicted octanol–water partition coefficient (Wildman–Crippen LogP) is 5.36. The lowest BCUT2D eigenvalue weighted by atomic mass is 9.79. The Hall–Kier alpha value is -3.19. The van der Waals surface area contributed by atoms with Crippen molar-refractivity contribution in [1.29, 1.82) is 0 Å². The lowest BCUT2D eigenvalue weighted by Crippen LogP contribution is -2.73. The number of aryl methyl sites for hydroxylation is 1. The maximum Gasteiger partial charge on any atom is 0.251 e. The predicted molar refractivity (Wildman–Crippen MR) is 166 cm³/mol. The minimum absolute atomic E-state index is 0.0552. The van der Waals surface area contributed by atoms with Gasteiger partial charge < -0.3 is 15.5 Å². The minimum atomic E-state index is -0.731. The highest BCUT2D eigenvalue weighted by Gasteiger charge is 2.53. The molecule has 2 aliphatic heterocycles. The highest BCUT2D eigenvalue weighted by molar-refractivity contribution is 6.00. The fourth-order valence-electron chi connectivity index (χ4n) is 7.02. The van der Waals surface area contributed by atoms with E-state index in [1.54, 1.807) is 0 Å². The molecular formula is C35H48N4O3. The molecule has 0 unspecified atom stereocenters. The van der Waals surface area contributed by atoms with Gasteiger partial charge in [0.1, 0.15) is 11.6 Å². The van der Waals surface area contributed by atoms with Crippen molar-refractivity contribution in [2.45, 2.75) is 103 Å². The molecule has 2 N–H and O–H groups in total. The summed E-state index contributed by atoms with van der Waals surface area (Å²) in [4.78, 5) is 44.5. The topological polar surface area (TPSA) is 81.8 Å². The van der Waals surface area contributed by atoms with E-state index in [1.165, 1.54) is 37.7 Å². The van der Waals surface area contributed by atoms with Crippen molar-refractivity contribution in [3.63, 3.8) is 0 Å². The van der Waals surface area contributed by atoms with E-state index in [0.29, 0.717) is 37.4 Å². The summed E-state index contributed by atoms with van der Waals surface area (Å²) in [5.74, 6) is 0.657. The van der Waals surface area contributed by atoms with E-state index in [1.807, 2.05) is 41.3 Å². The highest BCUT2D eigenvalue weighted by atomic mass is 16.2. The fourth-order valence-corrected chi connectivity index (χ4v) is 7.02. The number of hydrogen-bond acceptors (Lipinski definition) is 4. The summed E-state index contributed by atoms with van der Waals surface area (Å²) in [5.41, 5.74) is 3.34. The van der Waals surface area contributed by atoms with Gasteiger partial charge in [0.15, 0.2) is 0 Å². The summed E-state index contributed by atoms with van der Waals surface area (Å²) in [6.07, 6.45) is 10.1. The van der Waals surface area contributed by atoms with E-state index in [0.717, 1.165) is 50.0 Å². The number of piperazine rings is 1. The first-order valence-corrected chi connectivity index (χ1v) is 16.2. The molecule has 1 atom stereocenters. The summed E-state index contributed by atoms with van der Waals surface area (Å²) >= 11 is 0. The summed E-state index contributed by atoms with van der Waals surface area (Å²) in [5, 5.41) is 6.20. The maximum absolute atomic E-state index is 13.8. The third-order valence-corrected chi connectivity index (χ3v) is 9.72. The van der Waals surface area contributed by atoms with Crippen molar-refractivity contribution in [1.82, 2.24) is 20.4 Å². The number of unbranched alkanes of at least 4 members (excludes halogenated alkanes) is 1. The standard InChI is InChI=1S/C35H48N4O3/c1-3-4-20-39-33(41)31(23-27-8-6-5-7-9-27)37-34(42)35(39)18-21-38(22-19-35)25-29-14-16-30(17-15-29)32(40)36-24-28-12-10-26(2)11-13-28/h10-17,27,31H,3-9,18-25H2,1-2H3,(H,36,40)(H,37,42)/t31-/m0/s1. The second kappa shape index (κ2) is 13.9. The third-order valence-electron chi connectivity index (χ3n) is 9.72. The summed E-state index contributed by atoms with van der Waals surface area (Å²) < 4.78 is 0. The zero-order valence-corrected chi connectivity index (χ0v) is 25.5. The van der Waals surface area contributed by atoms with Crippen LogP contribution < -0.4 is 10.6 Å². The normalized spacial score (nSPS) is 21.4. The van der Waals surface area contributed by atoms with Gasteiger partial charge in [-0.25, -0.2) is 0 Å². The average Bonchev–Trinajstić information content (AvgIpc) is 3.01. The second-order valence-corrected chi connectivity index (χ2v) is 12.8. The molecule has 2 aromatic rings. The van der Waals surface area contributed by atoms with Crippen LogP contribution in [0.2, 0.25) is 0 Å². The van der Waals surface area contributed by atoms with Gasteiger partial charge in [-0.1, -0.05) is 87.4 Å². The number of piperidine rings is 1. The van der Waals surface area contributed by atoms with E-state index in [9.17, 15) is 14.4 Å². The van der Waals surface area contributed by atoms with Crippen molar-refractivity contribution in [2.75, 3.05) is 19.6 Å². The molecule has 226 valence electrons. The Morgan fingerprint density at radius 3 is 2.29 bits per heavy atom. The van der Waals surface area contributed by atoms with Gasteiger partial charge in [-0.15, -0.1) is 0 Å². The van der Waals surface area contributed by atoms with Crippen molar-refractivity contribution >= 4 is 17.7 Å². The molecule has 2 aromatic carbocycles. The molecule has 0 radical (unpaired) electrons. The van der Waals surface area contributed by atoms with Crippen molar-refractivity contribution in [3.8, 4) is 0 Å². The lowest BCUT2D eigenvalue weighted by molar-refractivity contribution is -0.162. The zero-order chi connectivity index (χ0) is 29.5. The molecule has 3 aliphatic rings. The lowest BCUT2D eigenvalue weighted by Gasteiger charge is -2.52. The molecule has 3 amide bonds. The molecule has 0 aromatic heterocycles.